The first-order valence-electron chi connectivity index (χ1n) is 17.9. The SMILES string of the molecule is CCCCCCCCCCCCCCCc1ccc(N=NC2C(=O)N(c3ccccc3)N=C2NC(=O)c2cc(S(=O)(=O)O)cc(S(=O)(=O)O)c2)c(O)c1. The van der Waals surface area contributed by atoms with Gasteiger partial charge in [-0.3, -0.25) is 18.7 Å². The number of rotatable bonds is 20. The molecule has 3 aromatic rings. The lowest BCUT2D eigenvalue weighted by atomic mass is 10.0. The monoisotopic (exact) mass is 769 g/mol. The molecule has 1 unspecified atom stereocenters. The number of aromatic hydroxyl groups is 1. The Bertz CT molecular complexity index is 1950. The number of azo groups is 1. The van der Waals surface area contributed by atoms with Gasteiger partial charge in [-0.05, 0) is 60.9 Å². The zero-order valence-electron chi connectivity index (χ0n) is 29.7. The number of nitrogens with one attached hydrogen (secondary N) is 1. The number of phenols is 1. The van der Waals surface area contributed by atoms with Gasteiger partial charge in [0.05, 0.1) is 15.5 Å². The first-order valence-corrected chi connectivity index (χ1v) is 20.8. The standard InChI is InChI=1S/C37H47N5O9S2/c1-2-3-4-5-6-7-8-9-10-11-12-13-15-18-27-21-22-32(33(43)23-27)39-40-34-35(41-42(37(34)45)29-19-16-14-17-20-29)38-36(44)28-24-30(52(46,47)48)26-31(25-28)53(49,50)51/h14,16-17,19-26,34,43H,2-13,15,18H2,1H3,(H,38,41,44)(H,46,47,48)(H,49,50,51). The molecule has 16 heteroatoms. The van der Waals surface area contributed by atoms with Crippen molar-refractivity contribution in [1.29, 1.82) is 0 Å². The van der Waals surface area contributed by atoms with Crippen LogP contribution in [-0.4, -0.2) is 54.7 Å². The van der Waals surface area contributed by atoms with E-state index in [-0.39, 0.29) is 17.3 Å². The minimum Gasteiger partial charge on any atom is -0.506 e. The van der Waals surface area contributed by atoms with Crippen LogP contribution in [0.4, 0.5) is 11.4 Å². The molecule has 14 nitrogen and oxygen atoms in total. The van der Waals surface area contributed by atoms with Crippen LogP contribution in [-0.2, 0) is 31.5 Å². The van der Waals surface area contributed by atoms with Crippen molar-refractivity contribution in [2.45, 2.75) is 113 Å². The molecule has 53 heavy (non-hydrogen) atoms. The first-order chi connectivity index (χ1) is 25.3. The minimum atomic E-state index is -5.00. The van der Waals surface area contributed by atoms with Crippen LogP contribution in [0.15, 0.2) is 91.9 Å². The molecule has 1 atom stereocenters. The molecule has 0 aromatic heterocycles. The number of aryl methyl sites for hydroxylation is 1. The van der Waals surface area contributed by atoms with Gasteiger partial charge in [0.15, 0.2) is 5.84 Å². The van der Waals surface area contributed by atoms with Gasteiger partial charge < -0.3 is 10.4 Å². The third-order valence-corrected chi connectivity index (χ3v) is 10.4. The summed E-state index contributed by atoms with van der Waals surface area (Å²) in [6.45, 7) is 2.24. The van der Waals surface area contributed by atoms with Crippen LogP contribution in [0.25, 0.3) is 0 Å². The van der Waals surface area contributed by atoms with Gasteiger partial charge >= 0.3 is 0 Å². The lowest BCUT2D eigenvalue weighted by molar-refractivity contribution is -0.117. The van der Waals surface area contributed by atoms with Gasteiger partial charge in [0.1, 0.15) is 11.4 Å². The van der Waals surface area contributed by atoms with E-state index >= 15 is 0 Å². The maximum atomic E-state index is 13.5. The van der Waals surface area contributed by atoms with E-state index in [1.165, 1.54) is 64.2 Å². The number of anilines is 1. The van der Waals surface area contributed by atoms with Gasteiger partial charge in [-0.2, -0.15) is 32.1 Å². The van der Waals surface area contributed by atoms with E-state index in [4.69, 9.17) is 0 Å². The molecule has 0 radical (unpaired) electrons. The van der Waals surface area contributed by atoms with Gasteiger partial charge in [0, 0.05) is 5.56 Å². The fourth-order valence-corrected chi connectivity index (χ4v) is 7.04. The van der Waals surface area contributed by atoms with Crippen LogP contribution in [0.3, 0.4) is 0 Å². The van der Waals surface area contributed by atoms with Crippen molar-refractivity contribution < 1.29 is 40.6 Å². The molecule has 3 aromatic carbocycles. The van der Waals surface area contributed by atoms with Crippen LogP contribution in [0, 0.1) is 0 Å². The quantitative estimate of drug-likeness (QED) is 0.0501. The van der Waals surface area contributed by atoms with Crippen molar-refractivity contribution in [1.82, 2.24) is 5.32 Å². The Balaban J connectivity index is 1.39. The van der Waals surface area contributed by atoms with E-state index in [1.54, 1.807) is 42.5 Å². The highest BCUT2D eigenvalue weighted by atomic mass is 32.2. The molecule has 0 bridgehead atoms. The molecule has 0 spiro atoms. The van der Waals surface area contributed by atoms with Crippen LogP contribution in [0.2, 0.25) is 0 Å². The van der Waals surface area contributed by atoms with E-state index < -0.39 is 53.4 Å². The fourth-order valence-electron chi connectivity index (χ4n) is 5.86. The summed E-state index contributed by atoms with van der Waals surface area (Å²) < 4.78 is 66.1. The number of amides is 2. The van der Waals surface area contributed by atoms with Crippen LogP contribution in [0.1, 0.15) is 106 Å². The predicted octanol–water partition coefficient (Wildman–Crippen LogP) is 7.76. The Hall–Kier alpha value is -4.51. The van der Waals surface area contributed by atoms with E-state index in [1.807, 2.05) is 6.07 Å². The second-order valence-corrected chi connectivity index (χ2v) is 15.8. The number of para-hydroxylation sites is 1. The molecule has 0 aliphatic carbocycles. The zero-order valence-corrected chi connectivity index (χ0v) is 31.4. The Morgan fingerprint density at radius 1 is 0.774 bits per heavy atom. The molecule has 1 aliphatic rings. The van der Waals surface area contributed by atoms with E-state index in [2.05, 4.69) is 27.6 Å². The number of hydrogen-bond acceptors (Lipinski definition) is 10. The third-order valence-electron chi connectivity index (χ3n) is 8.78. The first kappa shape index (κ1) is 41.2. The number of hydrazone groups is 1. The van der Waals surface area contributed by atoms with Crippen molar-refractivity contribution in [3.63, 3.8) is 0 Å². The van der Waals surface area contributed by atoms with E-state index in [0.717, 1.165) is 36.3 Å². The molecule has 0 fully saturated rings. The summed E-state index contributed by atoms with van der Waals surface area (Å²) in [5.41, 5.74) is 0.704. The summed E-state index contributed by atoms with van der Waals surface area (Å²) in [6, 6.07) is 13.5. The highest BCUT2D eigenvalue weighted by Gasteiger charge is 2.38. The topological polar surface area (TPSA) is 215 Å². The molecule has 4 N–H and O–H groups in total. The molecule has 0 saturated carbocycles. The summed E-state index contributed by atoms with van der Waals surface area (Å²) >= 11 is 0. The molecule has 1 aliphatic heterocycles. The van der Waals surface area contributed by atoms with Crippen molar-refractivity contribution in [2.75, 3.05) is 5.01 Å². The van der Waals surface area contributed by atoms with Crippen molar-refractivity contribution in [3.05, 3.63) is 77.9 Å². The van der Waals surface area contributed by atoms with Crippen LogP contribution >= 0.6 is 0 Å². The van der Waals surface area contributed by atoms with Gasteiger partial charge in [0.2, 0.25) is 6.04 Å². The van der Waals surface area contributed by atoms with Gasteiger partial charge in [-0.15, -0.1) is 5.10 Å². The Morgan fingerprint density at radius 2 is 1.32 bits per heavy atom. The van der Waals surface area contributed by atoms with Crippen molar-refractivity contribution in [2.24, 2.45) is 15.3 Å². The average molecular weight is 770 g/mol. The Morgan fingerprint density at radius 3 is 1.85 bits per heavy atom. The summed E-state index contributed by atoms with van der Waals surface area (Å²) in [4.78, 5) is 24.8. The van der Waals surface area contributed by atoms with Crippen molar-refractivity contribution in [3.8, 4) is 5.75 Å². The molecule has 4 rings (SSSR count). The molecule has 0 saturated heterocycles. The fraction of sp³-hybridized carbons (Fsp3) is 0.432. The smallest absolute Gasteiger partial charge is 0.294 e. The minimum absolute atomic E-state index is 0.0643. The van der Waals surface area contributed by atoms with Crippen LogP contribution < -0.4 is 10.3 Å². The number of carbonyl (C=O) groups is 2. The number of carbonyl (C=O) groups excluding carboxylic acids is 2. The number of amidine groups is 1. The van der Waals surface area contributed by atoms with Gasteiger partial charge in [-0.25, -0.2) is 0 Å². The second kappa shape index (κ2) is 19.5. The highest BCUT2D eigenvalue weighted by molar-refractivity contribution is 7.86. The summed E-state index contributed by atoms with van der Waals surface area (Å²) in [7, 11) is -10.0. The molecule has 1 heterocycles. The average Bonchev–Trinajstić information content (AvgIpc) is 3.43. The number of unbranched alkanes of at least 4 members (excludes halogenated alkanes) is 12. The lowest BCUT2D eigenvalue weighted by Gasteiger charge is -2.11. The van der Waals surface area contributed by atoms with E-state index in [0.29, 0.717) is 23.9 Å². The van der Waals surface area contributed by atoms with Crippen molar-refractivity contribution >= 4 is 49.3 Å². The predicted molar refractivity (Wildman–Crippen MR) is 201 cm³/mol. The summed E-state index contributed by atoms with van der Waals surface area (Å²) in [6.07, 6.45) is 17.1. The molecule has 286 valence electrons. The molecular weight excluding hydrogens is 723 g/mol. The summed E-state index contributed by atoms with van der Waals surface area (Å²) in [5, 5.41) is 26.3. The Labute approximate surface area is 310 Å². The summed E-state index contributed by atoms with van der Waals surface area (Å²) in [5.74, 6) is -2.37. The zero-order chi connectivity index (χ0) is 38.4. The highest BCUT2D eigenvalue weighted by Crippen LogP contribution is 2.30. The maximum Gasteiger partial charge on any atom is 0.294 e. The normalized spacial score (nSPS) is 14.9. The number of phenolic OH excluding ortho intramolecular Hbond substituents is 1. The molecule has 2 amide bonds. The van der Waals surface area contributed by atoms with E-state index in [9.17, 15) is 40.6 Å². The second-order valence-electron chi connectivity index (χ2n) is 13.0. The van der Waals surface area contributed by atoms with Gasteiger partial charge in [-0.1, -0.05) is 108 Å². The molecular formula is C37H47N5O9S2. The largest absolute Gasteiger partial charge is 0.506 e. The Kier molecular flexibility index (Phi) is 15.2. The maximum absolute atomic E-state index is 13.5. The number of nitrogens with zero attached hydrogens (tertiary/aromatic N) is 4. The number of benzene rings is 3. The van der Waals surface area contributed by atoms with Crippen LogP contribution in [0.5, 0.6) is 5.75 Å². The third kappa shape index (κ3) is 12.6. The number of hydrogen-bond donors (Lipinski definition) is 4. The van der Waals surface area contributed by atoms with Gasteiger partial charge in [0.25, 0.3) is 32.1 Å². The lowest BCUT2D eigenvalue weighted by Crippen LogP contribution is -2.39.